The Balaban J connectivity index is 3.09. The van der Waals surface area contributed by atoms with Crippen LogP contribution in [0.3, 0.4) is 0 Å². The highest BCUT2D eigenvalue weighted by molar-refractivity contribution is 8.00. The fraction of sp³-hybridized carbons (Fsp3) is 0.625. The Morgan fingerprint density at radius 1 is 1.32 bits per heavy atom. The minimum absolute atomic E-state index is 0.113. The van der Waals surface area contributed by atoms with Crippen LogP contribution in [0.2, 0.25) is 0 Å². The van der Waals surface area contributed by atoms with Gasteiger partial charge in [-0.3, -0.25) is 0 Å². The molecule has 0 aliphatic heterocycles. The first-order valence-electron chi connectivity index (χ1n) is 6.97. The minimum atomic E-state index is -0.113. The van der Waals surface area contributed by atoms with Crippen LogP contribution in [0.4, 0.5) is 4.39 Å². The number of thioether (sulfide) groups is 1. The van der Waals surface area contributed by atoms with Gasteiger partial charge in [0.1, 0.15) is 5.82 Å². The lowest BCUT2D eigenvalue weighted by Gasteiger charge is -2.24. The Bertz CT molecular complexity index is 423. The monoisotopic (exact) mass is 283 g/mol. The Morgan fingerprint density at radius 3 is 2.47 bits per heavy atom. The van der Waals surface area contributed by atoms with Gasteiger partial charge in [0, 0.05) is 15.7 Å². The van der Waals surface area contributed by atoms with Crippen LogP contribution in [-0.2, 0) is 0 Å². The Labute approximate surface area is 121 Å². The number of aryl methyl sites for hydroxylation is 1. The standard InChI is InChI=1S/C16H26FNS/c1-7-8-18-12(3)13-10-14(17)11(2)9-15(13)19-16(4,5)6/h9-10,12,18H,7-8H2,1-6H3. The Kier molecular flexibility index (Phi) is 5.87. The van der Waals surface area contributed by atoms with Crippen molar-refractivity contribution in [2.75, 3.05) is 6.54 Å². The smallest absolute Gasteiger partial charge is 0.126 e. The van der Waals surface area contributed by atoms with Gasteiger partial charge in [-0.15, -0.1) is 11.8 Å². The molecule has 0 aromatic heterocycles. The highest BCUT2D eigenvalue weighted by Crippen LogP contribution is 2.37. The average Bonchev–Trinajstić information content (AvgIpc) is 2.28. The third-order valence-corrected chi connectivity index (χ3v) is 4.06. The van der Waals surface area contributed by atoms with Gasteiger partial charge in [0.15, 0.2) is 0 Å². The second kappa shape index (κ2) is 6.76. The normalized spacial score (nSPS) is 13.6. The molecule has 1 unspecified atom stereocenters. The van der Waals surface area contributed by atoms with Crippen molar-refractivity contribution in [2.45, 2.75) is 63.6 Å². The fourth-order valence-electron chi connectivity index (χ4n) is 1.90. The topological polar surface area (TPSA) is 12.0 Å². The zero-order valence-electron chi connectivity index (χ0n) is 12.9. The summed E-state index contributed by atoms with van der Waals surface area (Å²) in [4.78, 5) is 1.18. The molecule has 1 aromatic rings. The van der Waals surface area contributed by atoms with Crippen LogP contribution >= 0.6 is 11.8 Å². The van der Waals surface area contributed by atoms with Crippen molar-refractivity contribution in [3.63, 3.8) is 0 Å². The first-order valence-corrected chi connectivity index (χ1v) is 7.78. The first-order chi connectivity index (χ1) is 8.74. The van der Waals surface area contributed by atoms with Crippen molar-refractivity contribution < 1.29 is 4.39 Å². The summed E-state index contributed by atoms with van der Waals surface area (Å²) in [6.07, 6.45) is 1.08. The van der Waals surface area contributed by atoms with Gasteiger partial charge >= 0.3 is 0 Å². The Hall–Kier alpha value is -0.540. The average molecular weight is 283 g/mol. The van der Waals surface area contributed by atoms with E-state index in [0.29, 0.717) is 0 Å². The molecule has 0 radical (unpaired) electrons. The van der Waals surface area contributed by atoms with Crippen molar-refractivity contribution in [1.29, 1.82) is 0 Å². The van der Waals surface area contributed by atoms with E-state index < -0.39 is 0 Å². The third-order valence-electron chi connectivity index (χ3n) is 2.87. The van der Waals surface area contributed by atoms with Crippen molar-refractivity contribution in [3.05, 3.63) is 29.1 Å². The summed E-state index contributed by atoms with van der Waals surface area (Å²) in [5.41, 5.74) is 1.79. The molecule has 1 N–H and O–H groups in total. The van der Waals surface area contributed by atoms with Gasteiger partial charge in [-0.2, -0.15) is 0 Å². The number of nitrogens with one attached hydrogen (secondary N) is 1. The molecular weight excluding hydrogens is 257 g/mol. The van der Waals surface area contributed by atoms with Gasteiger partial charge in [0.25, 0.3) is 0 Å². The van der Waals surface area contributed by atoms with Gasteiger partial charge in [-0.25, -0.2) is 4.39 Å². The molecule has 0 aliphatic rings. The molecule has 0 amide bonds. The maximum absolute atomic E-state index is 13.8. The summed E-state index contributed by atoms with van der Waals surface area (Å²) in [5, 5.41) is 3.44. The van der Waals surface area contributed by atoms with Gasteiger partial charge in [-0.05, 0) is 50.1 Å². The van der Waals surface area contributed by atoms with Gasteiger partial charge in [0.05, 0.1) is 0 Å². The summed E-state index contributed by atoms with van der Waals surface area (Å²) in [7, 11) is 0. The highest BCUT2D eigenvalue weighted by atomic mass is 32.2. The van der Waals surface area contributed by atoms with Gasteiger partial charge < -0.3 is 5.32 Å². The fourth-order valence-corrected chi connectivity index (χ4v) is 3.15. The molecule has 0 spiro atoms. The molecule has 0 fully saturated rings. The quantitative estimate of drug-likeness (QED) is 0.756. The number of halogens is 1. The number of hydrogen-bond acceptors (Lipinski definition) is 2. The van der Waals surface area contributed by atoms with Crippen LogP contribution in [0.25, 0.3) is 0 Å². The van der Waals surface area contributed by atoms with Crippen molar-refractivity contribution in [2.24, 2.45) is 0 Å². The lowest BCUT2D eigenvalue weighted by Crippen LogP contribution is -2.21. The molecule has 3 heteroatoms. The second-order valence-corrected chi connectivity index (χ2v) is 7.90. The summed E-state index contributed by atoms with van der Waals surface area (Å²) in [6.45, 7) is 13.6. The van der Waals surface area contributed by atoms with Gasteiger partial charge in [-0.1, -0.05) is 27.7 Å². The van der Waals surface area contributed by atoms with E-state index in [1.54, 1.807) is 17.8 Å². The van der Waals surface area contributed by atoms with Crippen LogP contribution in [-0.4, -0.2) is 11.3 Å². The first kappa shape index (κ1) is 16.5. The highest BCUT2D eigenvalue weighted by Gasteiger charge is 2.19. The SMILES string of the molecule is CCCNC(C)c1cc(F)c(C)cc1SC(C)(C)C. The van der Waals surface area contributed by atoms with Crippen molar-refractivity contribution in [3.8, 4) is 0 Å². The zero-order chi connectivity index (χ0) is 14.6. The van der Waals surface area contributed by atoms with E-state index in [-0.39, 0.29) is 16.6 Å². The molecule has 19 heavy (non-hydrogen) atoms. The van der Waals surface area contributed by atoms with E-state index in [4.69, 9.17) is 0 Å². The van der Waals surface area contributed by atoms with Crippen LogP contribution in [0.5, 0.6) is 0 Å². The van der Waals surface area contributed by atoms with E-state index in [0.717, 1.165) is 24.1 Å². The Morgan fingerprint density at radius 2 is 1.95 bits per heavy atom. The summed E-state index contributed by atoms with van der Waals surface area (Å²) >= 11 is 1.81. The second-order valence-electron chi connectivity index (χ2n) is 6.03. The van der Waals surface area contributed by atoms with E-state index in [9.17, 15) is 4.39 Å². The molecule has 1 rings (SSSR count). The molecule has 1 nitrogen and oxygen atoms in total. The predicted octanol–water partition coefficient (Wildman–Crippen LogP) is 5.09. The molecule has 108 valence electrons. The molecule has 0 bridgehead atoms. The van der Waals surface area contributed by atoms with Crippen molar-refractivity contribution >= 4 is 11.8 Å². The maximum atomic E-state index is 13.8. The number of rotatable bonds is 5. The number of benzene rings is 1. The lowest BCUT2D eigenvalue weighted by atomic mass is 10.1. The molecular formula is C16H26FNS. The van der Waals surface area contributed by atoms with Gasteiger partial charge in [0.2, 0.25) is 0 Å². The number of hydrogen-bond donors (Lipinski definition) is 1. The third kappa shape index (κ3) is 5.15. The van der Waals surface area contributed by atoms with E-state index in [1.165, 1.54) is 4.90 Å². The largest absolute Gasteiger partial charge is 0.310 e. The molecule has 0 saturated carbocycles. The summed E-state index contributed by atoms with van der Waals surface area (Å²) in [6, 6.07) is 3.85. The maximum Gasteiger partial charge on any atom is 0.126 e. The lowest BCUT2D eigenvalue weighted by molar-refractivity contribution is 0.552. The summed E-state index contributed by atoms with van der Waals surface area (Å²) < 4.78 is 14.0. The van der Waals surface area contributed by atoms with Crippen LogP contribution in [0.1, 0.15) is 58.2 Å². The molecule has 0 aliphatic carbocycles. The van der Waals surface area contributed by atoms with E-state index in [1.807, 2.05) is 13.0 Å². The van der Waals surface area contributed by atoms with E-state index >= 15 is 0 Å². The zero-order valence-corrected chi connectivity index (χ0v) is 13.7. The molecule has 0 heterocycles. The predicted molar refractivity (Wildman–Crippen MR) is 83.5 cm³/mol. The van der Waals surface area contributed by atoms with Crippen LogP contribution in [0, 0.1) is 12.7 Å². The minimum Gasteiger partial charge on any atom is -0.310 e. The van der Waals surface area contributed by atoms with Crippen LogP contribution < -0.4 is 5.32 Å². The van der Waals surface area contributed by atoms with E-state index in [2.05, 4.69) is 39.9 Å². The van der Waals surface area contributed by atoms with Crippen LogP contribution in [0.15, 0.2) is 17.0 Å². The summed E-state index contributed by atoms with van der Waals surface area (Å²) in [5.74, 6) is -0.113. The molecule has 1 atom stereocenters. The van der Waals surface area contributed by atoms with Crippen molar-refractivity contribution in [1.82, 2.24) is 5.32 Å². The molecule has 0 saturated heterocycles. The molecule has 1 aromatic carbocycles.